The molecule has 124 valence electrons. The minimum Gasteiger partial charge on any atom is -0.438 e. The van der Waals surface area contributed by atoms with Crippen molar-refractivity contribution >= 4 is 22.8 Å². The Labute approximate surface area is 144 Å². The zero-order valence-electron chi connectivity index (χ0n) is 13.1. The smallest absolute Gasteiger partial charge is 0.256 e. The number of amides is 1. The van der Waals surface area contributed by atoms with E-state index in [4.69, 9.17) is 4.74 Å². The van der Waals surface area contributed by atoms with Gasteiger partial charge in [-0.05, 0) is 24.3 Å². The van der Waals surface area contributed by atoms with Crippen molar-refractivity contribution in [3.05, 3.63) is 54.2 Å². The van der Waals surface area contributed by atoms with Crippen LogP contribution in [0.15, 0.2) is 53.7 Å². The number of pyridine rings is 1. The molecule has 1 aromatic carbocycles. The number of nitrogens with zero attached hydrogens (tertiary/aromatic N) is 2. The van der Waals surface area contributed by atoms with Crippen molar-refractivity contribution in [1.29, 1.82) is 0 Å². The standard InChI is InChI=1S/C17H18N4O2S/c22-15(18-11-12-24-17-20-9-10-21-17)14-7-4-8-19-16(14)23-13-5-2-1-3-6-13/h1-8H,9-12H2,(H,18,22)(H,20,21). The lowest BCUT2D eigenvalue weighted by molar-refractivity contribution is 0.0953. The van der Waals surface area contributed by atoms with Gasteiger partial charge in [-0.1, -0.05) is 30.0 Å². The topological polar surface area (TPSA) is 75.6 Å². The fourth-order valence-electron chi connectivity index (χ4n) is 2.13. The van der Waals surface area contributed by atoms with Gasteiger partial charge in [-0.3, -0.25) is 9.79 Å². The average Bonchev–Trinajstić information content (AvgIpc) is 3.13. The zero-order valence-corrected chi connectivity index (χ0v) is 13.9. The molecule has 0 bridgehead atoms. The number of benzene rings is 1. The fourth-order valence-corrected chi connectivity index (χ4v) is 2.91. The predicted octanol–water partition coefficient (Wildman–Crippen LogP) is 2.30. The van der Waals surface area contributed by atoms with E-state index in [1.807, 2.05) is 30.3 Å². The van der Waals surface area contributed by atoms with Gasteiger partial charge in [-0.15, -0.1) is 0 Å². The van der Waals surface area contributed by atoms with E-state index in [9.17, 15) is 4.79 Å². The van der Waals surface area contributed by atoms with E-state index in [1.165, 1.54) is 0 Å². The predicted molar refractivity (Wildman–Crippen MR) is 95.8 cm³/mol. The normalized spacial score (nSPS) is 13.1. The molecule has 0 fully saturated rings. The number of aliphatic imine (C=N–C) groups is 1. The molecular weight excluding hydrogens is 324 g/mol. The van der Waals surface area contributed by atoms with Crippen molar-refractivity contribution in [2.75, 3.05) is 25.4 Å². The maximum atomic E-state index is 12.4. The Kier molecular flexibility index (Phi) is 5.68. The van der Waals surface area contributed by atoms with E-state index >= 15 is 0 Å². The Morgan fingerprint density at radius 1 is 1.25 bits per heavy atom. The second kappa shape index (κ2) is 8.35. The summed E-state index contributed by atoms with van der Waals surface area (Å²) >= 11 is 1.61. The third-order valence-corrected chi connectivity index (χ3v) is 4.20. The summed E-state index contributed by atoms with van der Waals surface area (Å²) < 4.78 is 5.71. The van der Waals surface area contributed by atoms with Crippen LogP contribution in [0.5, 0.6) is 11.6 Å². The summed E-state index contributed by atoms with van der Waals surface area (Å²) in [6, 6.07) is 12.7. The third kappa shape index (κ3) is 4.48. The summed E-state index contributed by atoms with van der Waals surface area (Å²) in [5, 5.41) is 7.01. The minimum absolute atomic E-state index is 0.198. The number of hydrogen-bond acceptors (Lipinski definition) is 6. The molecule has 2 aromatic rings. The summed E-state index contributed by atoms with van der Waals surface area (Å²) in [6.07, 6.45) is 1.61. The second-order valence-corrected chi connectivity index (χ2v) is 6.07. The van der Waals surface area contributed by atoms with Gasteiger partial charge in [-0.2, -0.15) is 0 Å². The zero-order chi connectivity index (χ0) is 16.6. The number of ether oxygens (including phenoxy) is 1. The monoisotopic (exact) mass is 342 g/mol. The Bertz CT molecular complexity index is 722. The molecule has 0 atom stereocenters. The number of aromatic nitrogens is 1. The number of carbonyl (C=O) groups excluding carboxylic acids is 1. The van der Waals surface area contributed by atoms with Gasteiger partial charge in [0.25, 0.3) is 5.91 Å². The number of rotatable bonds is 6. The van der Waals surface area contributed by atoms with Crippen molar-refractivity contribution < 1.29 is 9.53 Å². The van der Waals surface area contributed by atoms with E-state index in [0.717, 1.165) is 24.0 Å². The summed E-state index contributed by atoms with van der Waals surface area (Å²) in [5.74, 6) is 1.50. The number of nitrogens with one attached hydrogen (secondary N) is 2. The first-order valence-electron chi connectivity index (χ1n) is 7.70. The average molecular weight is 342 g/mol. The number of thioether (sulfide) groups is 1. The van der Waals surface area contributed by atoms with Crippen LogP contribution >= 0.6 is 11.8 Å². The van der Waals surface area contributed by atoms with Gasteiger partial charge in [0.1, 0.15) is 11.3 Å². The van der Waals surface area contributed by atoms with E-state index in [2.05, 4.69) is 20.6 Å². The largest absolute Gasteiger partial charge is 0.438 e. The van der Waals surface area contributed by atoms with Crippen LogP contribution < -0.4 is 15.4 Å². The maximum Gasteiger partial charge on any atom is 0.256 e. The third-order valence-electron chi connectivity index (χ3n) is 3.24. The maximum absolute atomic E-state index is 12.4. The van der Waals surface area contributed by atoms with Crippen LogP contribution in [0.3, 0.4) is 0 Å². The van der Waals surface area contributed by atoms with Gasteiger partial charge in [-0.25, -0.2) is 4.98 Å². The van der Waals surface area contributed by atoms with Crippen molar-refractivity contribution in [2.24, 2.45) is 4.99 Å². The molecule has 3 rings (SSSR count). The van der Waals surface area contributed by atoms with Crippen LogP contribution in [0, 0.1) is 0 Å². The summed E-state index contributed by atoms with van der Waals surface area (Å²) in [4.78, 5) is 20.8. The quantitative estimate of drug-likeness (QED) is 0.788. The van der Waals surface area contributed by atoms with Crippen LogP contribution in [0.2, 0.25) is 0 Å². The van der Waals surface area contributed by atoms with Gasteiger partial charge in [0.05, 0.1) is 6.54 Å². The Hall–Kier alpha value is -2.54. The molecule has 1 amide bonds. The van der Waals surface area contributed by atoms with E-state index in [1.54, 1.807) is 30.1 Å². The van der Waals surface area contributed by atoms with Crippen LogP contribution in [0.1, 0.15) is 10.4 Å². The summed E-state index contributed by atoms with van der Waals surface area (Å²) in [5.41, 5.74) is 0.419. The minimum atomic E-state index is -0.198. The highest BCUT2D eigenvalue weighted by molar-refractivity contribution is 8.13. The van der Waals surface area contributed by atoms with Gasteiger partial charge in [0.15, 0.2) is 5.17 Å². The molecule has 2 heterocycles. The SMILES string of the molecule is O=C(NCCSC1=NCCN1)c1cccnc1Oc1ccccc1. The van der Waals surface area contributed by atoms with E-state index in [0.29, 0.717) is 23.7 Å². The van der Waals surface area contributed by atoms with Crippen molar-refractivity contribution in [3.63, 3.8) is 0 Å². The molecule has 0 saturated heterocycles. The van der Waals surface area contributed by atoms with Gasteiger partial charge in [0, 0.05) is 25.0 Å². The molecule has 0 saturated carbocycles. The Morgan fingerprint density at radius 2 is 2.12 bits per heavy atom. The molecule has 2 N–H and O–H groups in total. The lowest BCUT2D eigenvalue weighted by atomic mass is 10.2. The molecule has 1 aliphatic heterocycles. The molecule has 0 spiro atoms. The summed E-state index contributed by atoms with van der Waals surface area (Å²) in [7, 11) is 0. The highest BCUT2D eigenvalue weighted by Gasteiger charge is 2.14. The molecule has 6 nitrogen and oxygen atoms in total. The fraction of sp³-hybridized carbons (Fsp3) is 0.235. The van der Waals surface area contributed by atoms with E-state index in [-0.39, 0.29) is 5.91 Å². The summed E-state index contributed by atoms with van der Waals surface area (Å²) in [6.45, 7) is 2.26. The first-order valence-corrected chi connectivity index (χ1v) is 8.69. The molecule has 0 aliphatic carbocycles. The molecule has 7 heteroatoms. The van der Waals surface area contributed by atoms with Crippen molar-refractivity contribution in [1.82, 2.24) is 15.6 Å². The highest BCUT2D eigenvalue weighted by atomic mass is 32.2. The number of para-hydroxylation sites is 1. The Morgan fingerprint density at radius 3 is 2.92 bits per heavy atom. The molecule has 0 unspecified atom stereocenters. The van der Waals surface area contributed by atoms with Gasteiger partial charge in [0.2, 0.25) is 5.88 Å². The van der Waals surface area contributed by atoms with Gasteiger partial charge < -0.3 is 15.4 Å². The second-order valence-electron chi connectivity index (χ2n) is 4.99. The van der Waals surface area contributed by atoms with Crippen LogP contribution in [0.4, 0.5) is 0 Å². The molecule has 0 radical (unpaired) electrons. The molecule has 24 heavy (non-hydrogen) atoms. The first kappa shape index (κ1) is 16.3. The lowest BCUT2D eigenvalue weighted by Gasteiger charge is -2.10. The highest BCUT2D eigenvalue weighted by Crippen LogP contribution is 2.22. The molecular formula is C17H18N4O2S. The number of amidine groups is 1. The van der Waals surface area contributed by atoms with Gasteiger partial charge >= 0.3 is 0 Å². The van der Waals surface area contributed by atoms with Crippen molar-refractivity contribution in [3.8, 4) is 11.6 Å². The first-order chi connectivity index (χ1) is 11.8. The van der Waals surface area contributed by atoms with Crippen LogP contribution in [-0.2, 0) is 0 Å². The lowest BCUT2D eigenvalue weighted by Crippen LogP contribution is -2.27. The van der Waals surface area contributed by atoms with Crippen LogP contribution in [0.25, 0.3) is 0 Å². The Balaban J connectivity index is 1.56. The number of hydrogen-bond donors (Lipinski definition) is 2. The van der Waals surface area contributed by atoms with Crippen molar-refractivity contribution in [2.45, 2.75) is 0 Å². The number of carbonyl (C=O) groups is 1. The molecule has 1 aliphatic rings. The van der Waals surface area contributed by atoms with Crippen LogP contribution in [-0.4, -0.2) is 41.4 Å². The van der Waals surface area contributed by atoms with E-state index < -0.39 is 0 Å². The molecule has 1 aromatic heterocycles.